The molecule has 0 unspecified atom stereocenters. The number of carbonyl (C=O) groups excluding carboxylic acids is 1. The van der Waals surface area contributed by atoms with Crippen LogP contribution in [0.4, 0.5) is 5.69 Å². The Morgan fingerprint density at radius 3 is 2.75 bits per heavy atom. The first-order chi connectivity index (χ1) is 9.51. The van der Waals surface area contributed by atoms with Gasteiger partial charge < -0.3 is 9.64 Å². The molecular formula is C16H20N2O2. The van der Waals surface area contributed by atoms with Crippen LogP contribution in [0.2, 0.25) is 0 Å². The summed E-state index contributed by atoms with van der Waals surface area (Å²) in [7, 11) is 1.96. The quantitative estimate of drug-likeness (QED) is 0.358. The van der Waals surface area contributed by atoms with E-state index < -0.39 is 5.97 Å². The van der Waals surface area contributed by atoms with Gasteiger partial charge in [0.05, 0.1) is 17.6 Å². The van der Waals surface area contributed by atoms with E-state index in [1.165, 1.54) is 0 Å². The maximum atomic E-state index is 11.8. The molecule has 106 valence electrons. The summed E-state index contributed by atoms with van der Waals surface area (Å²) < 4.78 is 4.95. The third-order valence-electron chi connectivity index (χ3n) is 3.16. The van der Waals surface area contributed by atoms with Crippen molar-refractivity contribution in [3.63, 3.8) is 0 Å². The summed E-state index contributed by atoms with van der Waals surface area (Å²) in [5.41, 5.74) is 3.19. The largest absolute Gasteiger partial charge is 0.449 e. The summed E-state index contributed by atoms with van der Waals surface area (Å²) in [6.07, 6.45) is 6.85. The van der Waals surface area contributed by atoms with Crippen LogP contribution in [0.15, 0.2) is 17.1 Å². The fourth-order valence-corrected chi connectivity index (χ4v) is 1.59. The van der Waals surface area contributed by atoms with Gasteiger partial charge in [0.25, 0.3) is 0 Å². The molecule has 1 rings (SSSR count). The second kappa shape index (κ2) is 7.34. The molecule has 0 heterocycles. The Bertz CT molecular complexity index is 556. The number of hydrogen-bond acceptors (Lipinski definition) is 3. The molecule has 0 aliphatic heterocycles. The zero-order valence-electron chi connectivity index (χ0n) is 12.4. The van der Waals surface area contributed by atoms with E-state index in [4.69, 9.17) is 11.2 Å². The Balaban J connectivity index is 3.01. The third-order valence-corrected chi connectivity index (χ3v) is 3.16. The number of benzene rings is 1. The third kappa shape index (κ3) is 3.86. The normalized spacial score (nSPS) is 10.3. The van der Waals surface area contributed by atoms with Crippen molar-refractivity contribution in [1.82, 2.24) is 4.90 Å². The maximum absolute atomic E-state index is 11.8. The van der Waals surface area contributed by atoms with E-state index in [9.17, 15) is 4.79 Å². The minimum absolute atomic E-state index is 0.0154. The van der Waals surface area contributed by atoms with Gasteiger partial charge in [-0.15, -0.1) is 6.42 Å². The number of rotatable bonds is 5. The zero-order chi connectivity index (χ0) is 15.1. The Morgan fingerprint density at radius 1 is 1.45 bits per heavy atom. The van der Waals surface area contributed by atoms with Gasteiger partial charge in [-0.3, -0.25) is 0 Å². The van der Waals surface area contributed by atoms with Crippen molar-refractivity contribution < 1.29 is 9.53 Å². The van der Waals surface area contributed by atoms with Crippen LogP contribution < -0.4 is 0 Å². The smallest absolute Gasteiger partial charge is 0.339 e. The van der Waals surface area contributed by atoms with E-state index in [1.807, 2.05) is 31.9 Å². The fourth-order valence-electron chi connectivity index (χ4n) is 1.59. The van der Waals surface area contributed by atoms with Gasteiger partial charge >= 0.3 is 5.97 Å². The molecule has 0 N–H and O–H groups in total. The van der Waals surface area contributed by atoms with Crippen molar-refractivity contribution in [2.75, 3.05) is 20.2 Å². The molecule has 4 nitrogen and oxygen atoms in total. The lowest BCUT2D eigenvalue weighted by Crippen LogP contribution is -2.14. The highest BCUT2D eigenvalue weighted by molar-refractivity contribution is 5.92. The molecular weight excluding hydrogens is 252 g/mol. The molecule has 0 aliphatic carbocycles. The predicted octanol–water partition coefficient (Wildman–Crippen LogP) is 2.70. The summed E-state index contributed by atoms with van der Waals surface area (Å²) in [5, 5.41) is 0. The monoisotopic (exact) mass is 272 g/mol. The number of nitrogens with zero attached hydrogens (tertiary/aromatic N) is 2. The molecule has 0 aliphatic rings. The van der Waals surface area contributed by atoms with Crippen LogP contribution in [-0.2, 0) is 4.74 Å². The number of hydrogen-bond donors (Lipinski definition) is 0. The second-order valence-electron chi connectivity index (χ2n) is 4.48. The molecule has 0 saturated heterocycles. The minimum atomic E-state index is -0.398. The predicted molar refractivity (Wildman–Crippen MR) is 81.5 cm³/mol. The fraction of sp³-hybridized carbons (Fsp3) is 0.375. The Kier molecular flexibility index (Phi) is 5.79. The first kappa shape index (κ1) is 15.8. The average molecular weight is 272 g/mol. The van der Waals surface area contributed by atoms with Crippen molar-refractivity contribution >= 4 is 18.0 Å². The standard InChI is InChI=1S/C16H20N2O2/c1-6-10-20-16(19)14-8-9-15(13(4)12(14)3)17-11-18(5)7-2/h1,8-9,11H,7,10H2,2-5H3/b17-11+. The molecule has 0 spiro atoms. The van der Waals surface area contributed by atoms with E-state index in [-0.39, 0.29) is 6.61 Å². The molecule has 20 heavy (non-hydrogen) atoms. The molecule has 0 fully saturated rings. The summed E-state index contributed by atoms with van der Waals surface area (Å²) in [6, 6.07) is 3.54. The highest BCUT2D eigenvalue weighted by atomic mass is 16.5. The number of terminal acetylenes is 1. The van der Waals surface area contributed by atoms with Crippen LogP contribution in [0, 0.1) is 26.2 Å². The highest BCUT2D eigenvalue weighted by Gasteiger charge is 2.13. The number of ether oxygens (including phenoxy) is 1. The molecule has 1 aromatic rings. The van der Waals surface area contributed by atoms with Gasteiger partial charge in [-0.25, -0.2) is 9.79 Å². The zero-order valence-corrected chi connectivity index (χ0v) is 12.4. The summed E-state index contributed by atoms with van der Waals surface area (Å²) >= 11 is 0. The van der Waals surface area contributed by atoms with Crippen molar-refractivity contribution in [3.05, 3.63) is 28.8 Å². The summed E-state index contributed by atoms with van der Waals surface area (Å²) in [6.45, 7) is 6.74. The summed E-state index contributed by atoms with van der Waals surface area (Å²) in [5.74, 6) is 1.88. The van der Waals surface area contributed by atoms with Crippen LogP contribution in [0.25, 0.3) is 0 Å². The highest BCUT2D eigenvalue weighted by Crippen LogP contribution is 2.25. The van der Waals surface area contributed by atoms with Gasteiger partial charge in [0, 0.05) is 13.6 Å². The lowest BCUT2D eigenvalue weighted by atomic mass is 10.0. The van der Waals surface area contributed by atoms with Crippen LogP contribution in [0.3, 0.4) is 0 Å². The van der Waals surface area contributed by atoms with Crippen LogP contribution >= 0.6 is 0 Å². The van der Waals surface area contributed by atoms with Crippen LogP contribution in [0.5, 0.6) is 0 Å². The molecule has 0 amide bonds. The number of aliphatic imine (C=N–C) groups is 1. The summed E-state index contributed by atoms with van der Waals surface area (Å²) in [4.78, 5) is 18.2. The number of esters is 1. The number of carbonyl (C=O) groups is 1. The Morgan fingerprint density at radius 2 is 2.15 bits per heavy atom. The molecule has 1 aromatic carbocycles. The maximum Gasteiger partial charge on any atom is 0.339 e. The molecule has 0 aromatic heterocycles. The van der Waals surface area contributed by atoms with Crippen LogP contribution in [0.1, 0.15) is 28.4 Å². The molecule has 0 atom stereocenters. The van der Waals surface area contributed by atoms with E-state index in [0.717, 1.165) is 23.4 Å². The van der Waals surface area contributed by atoms with Crippen molar-refractivity contribution in [2.45, 2.75) is 20.8 Å². The van der Waals surface area contributed by atoms with Gasteiger partial charge in [-0.05, 0) is 44.0 Å². The van der Waals surface area contributed by atoms with Gasteiger partial charge in [-0.2, -0.15) is 0 Å². The first-order valence-corrected chi connectivity index (χ1v) is 6.46. The average Bonchev–Trinajstić information content (AvgIpc) is 2.45. The van der Waals surface area contributed by atoms with Gasteiger partial charge in [0.15, 0.2) is 6.61 Å². The first-order valence-electron chi connectivity index (χ1n) is 6.46. The van der Waals surface area contributed by atoms with Crippen molar-refractivity contribution in [3.8, 4) is 12.3 Å². The molecule has 4 heteroatoms. The molecule has 0 radical (unpaired) electrons. The Hall–Kier alpha value is -2.28. The van der Waals surface area contributed by atoms with E-state index in [2.05, 4.69) is 17.8 Å². The lowest BCUT2D eigenvalue weighted by molar-refractivity contribution is 0.0556. The lowest BCUT2D eigenvalue weighted by Gasteiger charge is -2.12. The van der Waals surface area contributed by atoms with Gasteiger partial charge in [0.2, 0.25) is 0 Å². The van der Waals surface area contributed by atoms with Crippen molar-refractivity contribution in [1.29, 1.82) is 0 Å². The van der Waals surface area contributed by atoms with Crippen LogP contribution in [-0.4, -0.2) is 37.4 Å². The van der Waals surface area contributed by atoms with E-state index >= 15 is 0 Å². The van der Waals surface area contributed by atoms with Gasteiger partial charge in [0.1, 0.15) is 0 Å². The second-order valence-corrected chi connectivity index (χ2v) is 4.48. The van der Waals surface area contributed by atoms with Gasteiger partial charge in [-0.1, -0.05) is 5.92 Å². The Labute approximate surface area is 120 Å². The van der Waals surface area contributed by atoms with E-state index in [0.29, 0.717) is 5.56 Å². The van der Waals surface area contributed by atoms with Crippen molar-refractivity contribution in [2.24, 2.45) is 4.99 Å². The minimum Gasteiger partial charge on any atom is -0.449 e. The van der Waals surface area contributed by atoms with E-state index in [1.54, 1.807) is 12.4 Å². The molecule has 0 saturated carbocycles. The molecule has 0 bridgehead atoms. The topological polar surface area (TPSA) is 41.9 Å². The SMILES string of the molecule is C#CCOC(=O)c1ccc(/N=C/N(C)CC)c(C)c1C.